The van der Waals surface area contributed by atoms with Gasteiger partial charge < -0.3 is 15.4 Å². The molecule has 0 aliphatic rings. The SMILES string of the molecule is CN=C(NCCc1ccc(-n2cccn2)cc1)NCc1ccnc(Oc2ccc(F)cc2)c1.I. The summed E-state index contributed by atoms with van der Waals surface area (Å²) in [5.41, 5.74) is 3.25. The van der Waals surface area contributed by atoms with Gasteiger partial charge in [0.25, 0.3) is 0 Å². The first-order valence-corrected chi connectivity index (χ1v) is 10.6. The van der Waals surface area contributed by atoms with Crippen molar-refractivity contribution in [2.24, 2.45) is 4.99 Å². The van der Waals surface area contributed by atoms with Crippen molar-refractivity contribution in [1.82, 2.24) is 25.4 Å². The fraction of sp³-hybridized carbons (Fsp3) is 0.160. The summed E-state index contributed by atoms with van der Waals surface area (Å²) in [6, 6.07) is 19.8. The zero-order valence-corrected chi connectivity index (χ0v) is 21.0. The number of rotatable bonds is 8. The molecule has 7 nitrogen and oxygen atoms in total. The average Bonchev–Trinajstić information content (AvgIpc) is 3.38. The molecule has 4 rings (SSSR count). The van der Waals surface area contributed by atoms with E-state index in [-0.39, 0.29) is 29.8 Å². The summed E-state index contributed by atoms with van der Waals surface area (Å²) in [4.78, 5) is 8.50. The number of benzene rings is 2. The first-order valence-electron chi connectivity index (χ1n) is 10.6. The molecule has 0 aliphatic carbocycles. The number of hydrogen-bond donors (Lipinski definition) is 2. The molecule has 0 aliphatic heterocycles. The van der Waals surface area contributed by atoms with Crippen LogP contribution < -0.4 is 15.4 Å². The summed E-state index contributed by atoms with van der Waals surface area (Å²) in [6.07, 6.45) is 6.23. The number of aromatic nitrogens is 3. The largest absolute Gasteiger partial charge is 0.439 e. The molecular weight excluding hydrogens is 546 g/mol. The highest BCUT2D eigenvalue weighted by atomic mass is 127. The summed E-state index contributed by atoms with van der Waals surface area (Å²) in [5, 5.41) is 10.9. The van der Waals surface area contributed by atoms with Crippen molar-refractivity contribution >= 4 is 29.9 Å². The minimum absolute atomic E-state index is 0. The molecule has 2 heterocycles. The van der Waals surface area contributed by atoms with Gasteiger partial charge in [0.15, 0.2) is 5.96 Å². The smallest absolute Gasteiger partial charge is 0.219 e. The van der Waals surface area contributed by atoms with Crippen LogP contribution in [-0.2, 0) is 13.0 Å². The maximum Gasteiger partial charge on any atom is 0.219 e. The van der Waals surface area contributed by atoms with Gasteiger partial charge in [-0.25, -0.2) is 14.1 Å². The Balaban J connectivity index is 0.00000324. The molecule has 0 atom stereocenters. The Morgan fingerprint density at radius 1 is 1.00 bits per heavy atom. The van der Waals surface area contributed by atoms with Crippen LogP contribution in [0.25, 0.3) is 5.69 Å². The van der Waals surface area contributed by atoms with Crippen LogP contribution in [0.15, 0.2) is 90.3 Å². The molecule has 0 unspecified atom stereocenters. The summed E-state index contributed by atoms with van der Waals surface area (Å²) >= 11 is 0. The Kier molecular flexibility index (Phi) is 9.39. The van der Waals surface area contributed by atoms with Gasteiger partial charge in [0.1, 0.15) is 11.6 Å². The number of ether oxygens (including phenoxy) is 1. The molecule has 2 aromatic heterocycles. The van der Waals surface area contributed by atoms with Gasteiger partial charge >= 0.3 is 0 Å². The van der Waals surface area contributed by atoms with E-state index in [1.165, 1.54) is 17.7 Å². The lowest BCUT2D eigenvalue weighted by Crippen LogP contribution is -2.37. The average molecular weight is 572 g/mol. The van der Waals surface area contributed by atoms with E-state index in [2.05, 4.69) is 50.0 Å². The Morgan fingerprint density at radius 3 is 2.50 bits per heavy atom. The van der Waals surface area contributed by atoms with Gasteiger partial charge in [0.2, 0.25) is 5.88 Å². The van der Waals surface area contributed by atoms with Crippen molar-refractivity contribution in [3.63, 3.8) is 0 Å². The van der Waals surface area contributed by atoms with Crippen molar-refractivity contribution in [3.8, 4) is 17.3 Å². The lowest BCUT2D eigenvalue weighted by atomic mass is 10.1. The highest BCUT2D eigenvalue weighted by molar-refractivity contribution is 14.0. The van der Waals surface area contributed by atoms with Crippen LogP contribution in [0.4, 0.5) is 4.39 Å². The van der Waals surface area contributed by atoms with E-state index in [0.29, 0.717) is 24.1 Å². The second kappa shape index (κ2) is 12.7. The second-order valence-electron chi connectivity index (χ2n) is 7.28. The molecule has 0 spiro atoms. The minimum atomic E-state index is -0.307. The lowest BCUT2D eigenvalue weighted by molar-refractivity contribution is 0.460. The first-order chi connectivity index (χ1) is 16.2. The zero-order valence-electron chi connectivity index (χ0n) is 18.7. The Bertz CT molecular complexity index is 1180. The van der Waals surface area contributed by atoms with E-state index in [0.717, 1.165) is 24.2 Å². The van der Waals surface area contributed by atoms with Crippen molar-refractivity contribution in [2.45, 2.75) is 13.0 Å². The van der Waals surface area contributed by atoms with Gasteiger partial charge in [-0.3, -0.25) is 4.99 Å². The normalized spacial score (nSPS) is 10.9. The van der Waals surface area contributed by atoms with Gasteiger partial charge in [-0.1, -0.05) is 12.1 Å². The fourth-order valence-electron chi connectivity index (χ4n) is 3.21. The Morgan fingerprint density at radius 2 is 1.79 bits per heavy atom. The Labute approximate surface area is 215 Å². The van der Waals surface area contributed by atoms with Crippen LogP contribution in [0.2, 0.25) is 0 Å². The van der Waals surface area contributed by atoms with Crippen molar-refractivity contribution < 1.29 is 9.13 Å². The number of nitrogens with one attached hydrogen (secondary N) is 2. The van der Waals surface area contributed by atoms with Crippen molar-refractivity contribution in [1.29, 1.82) is 0 Å². The van der Waals surface area contributed by atoms with E-state index in [4.69, 9.17) is 4.74 Å². The van der Waals surface area contributed by atoms with E-state index in [1.54, 1.807) is 31.6 Å². The molecule has 0 saturated carbocycles. The predicted molar refractivity (Wildman–Crippen MR) is 142 cm³/mol. The molecule has 2 aromatic carbocycles. The van der Waals surface area contributed by atoms with Gasteiger partial charge in [-0.2, -0.15) is 5.10 Å². The van der Waals surface area contributed by atoms with Gasteiger partial charge in [0.05, 0.1) is 5.69 Å². The monoisotopic (exact) mass is 572 g/mol. The van der Waals surface area contributed by atoms with Gasteiger partial charge in [0, 0.05) is 44.8 Å². The molecule has 176 valence electrons. The third kappa shape index (κ3) is 7.27. The lowest BCUT2D eigenvalue weighted by Gasteiger charge is -2.13. The number of nitrogens with zero attached hydrogens (tertiary/aromatic N) is 4. The maximum absolute atomic E-state index is 13.1. The van der Waals surface area contributed by atoms with Crippen LogP contribution in [0.3, 0.4) is 0 Å². The highest BCUT2D eigenvalue weighted by Crippen LogP contribution is 2.20. The van der Waals surface area contributed by atoms with Crippen LogP contribution in [0, 0.1) is 5.82 Å². The van der Waals surface area contributed by atoms with Gasteiger partial charge in [-0.05, 0) is 66.1 Å². The molecule has 4 aromatic rings. The number of guanidine groups is 1. The molecule has 2 N–H and O–H groups in total. The summed E-state index contributed by atoms with van der Waals surface area (Å²) in [6.45, 7) is 1.30. The number of hydrogen-bond acceptors (Lipinski definition) is 4. The number of aliphatic imine (C=N–C) groups is 1. The van der Waals surface area contributed by atoms with E-state index in [1.807, 2.05) is 29.1 Å². The number of pyridine rings is 1. The molecular formula is C25H26FIN6O. The standard InChI is InChI=1S/C25H25FN6O.HI/c1-27-25(29-15-11-19-3-7-22(8-4-19)32-16-2-13-31-32)30-18-20-12-14-28-24(17-20)33-23-9-5-21(26)6-10-23;/h2-10,12-14,16-17H,11,15,18H2,1H3,(H2,27,29,30);1H. The topological polar surface area (TPSA) is 76.4 Å². The molecule has 9 heteroatoms. The maximum atomic E-state index is 13.1. The number of halogens is 2. The molecule has 0 amide bonds. The Hall–Kier alpha value is -3.47. The van der Waals surface area contributed by atoms with Crippen molar-refractivity contribution in [2.75, 3.05) is 13.6 Å². The van der Waals surface area contributed by atoms with E-state index >= 15 is 0 Å². The quantitative estimate of drug-likeness (QED) is 0.182. The van der Waals surface area contributed by atoms with Crippen molar-refractivity contribution in [3.05, 3.63) is 102 Å². The van der Waals surface area contributed by atoms with Gasteiger partial charge in [-0.15, -0.1) is 24.0 Å². The molecule has 34 heavy (non-hydrogen) atoms. The third-order valence-electron chi connectivity index (χ3n) is 4.93. The molecule has 0 fully saturated rings. The minimum Gasteiger partial charge on any atom is -0.439 e. The highest BCUT2D eigenvalue weighted by Gasteiger charge is 2.04. The fourth-order valence-corrected chi connectivity index (χ4v) is 3.21. The van der Waals surface area contributed by atoms with Crippen LogP contribution in [0.1, 0.15) is 11.1 Å². The first kappa shape index (κ1) is 25.2. The van der Waals surface area contributed by atoms with Crippen LogP contribution in [0.5, 0.6) is 11.6 Å². The second-order valence-corrected chi connectivity index (χ2v) is 7.28. The third-order valence-corrected chi connectivity index (χ3v) is 4.93. The predicted octanol–water partition coefficient (Wildman–Crippen LogP) is 4.72. The van der Waals surface area contributed by atoms with Crippen LogP contribution >= 0.6 is 24.0 Å². The zero-order chi connectivity index (χ0) is 22.9. The molecule has 0 radical (unpaired) electrons. The summed E-state index contributed by atoms with van der Waals surface area (Å²) in [7, 11) is 1.74. The summed E-state index contributed by atoms with van der Waals surface area (Å²) in [5.74, 6) is 1.38. The van der Waals surface area contributed by atoms with E-state index in [9.17, 15) is 4.39 Å². The summed E-state index contributed by atoms with van der Waals surface area (Å²) < 4.78 is 20.6. The van der Waals surface area contributed by atoms with Crippen LogP contribution in [-0.4, -0.2) is 34.3 Å². The molecule has 0 saturated heterocycles. The van der Waals surface area contributed by atoms with E-state index < -0.39 is 0 Å². The molecule has 0 bridgehead atoms.